The number of carbonyl (C=O) groups excluding carboxylic acids is 1. The summed E-state index contributed by atoms with van der Waals surface area (Å²) in [4.78, 5) is 33.8. The quantitative estimate of drug-likeness (QED) is 0.484. The summed E-state index contributed by atoms with van der Waals surface area (Å²) in [6.07, 6.45) is 1.53. The second kappa shape index (κ2) is 7.47. The lowest BCUT2D eigenvalue weighted by Crippen LogP contribution is -2.48. The number of hydrogen-bond donors (Lipinski definition) is 0. The van der Waals surface area contributed by atoms with Gasteiger partial charge in [0.1, 0.15) is 5.52 Å². The first-order valence-electron chi connectivity index (χ1n) is 11.1. The molecule has 0 N–H and O–H groups in total. The van der Waals surface area contributed by atoms with E-state index in [2.05, 4.69) is 14.8 Å². The number of oxazole rings is 1. The molecule has 8 heteroatoms. The van der Waals surface area contributed by atoms with Gasteiger partial charge in [-0.2, -0.15) is 4.98 Å². The number of rotatable bonds is 2. The van der Waals surface area contributed by atoms with E-state index in [-0.39, 0.29) is 11.8 Å². The van der Waals surface area contributed by atoms with Crippen LogP contribution < -0.4 is 14.7 Å². The van der Waals surface area contributed by atoms with E-state index < -0.39 is 0 Å². The van der Waals surface area contributed by atoms with Crippen LogP contribution in [0.4, 0.5) is 17.7 Å². The van der Waals surface area contributed by atoms with Gasteiger partial charge in [0.05, 0.1) is 11.0 Å². The maximum absolute atomic E-state index is 13.5. The Kier molecular flexibility index (Phi) is 4.45. The lowest BCUT2D eigenvalue weighted by molar-refractivity contribution is -0.123. The molecule has 0 spiro atoms. The molecule has 6 rings (SSSR count). The zero-order valence-electron chi connectivity index (χ0n) is 17.9. The van der Waals surface area contributed by atoms with Crippen LogP contribution in [0.2, 0.25) is 0 Å². The number of benzene rings is 2. The first-order chi connectivity index (χ1) is 15.7. The molecule has 4 heterocycles. The van der Waals surface area contributed by atoms with Gasteiger partial charge in [-0.15, -0.1) is 0 Å². The number of nitrogens with zero attached hydrogens (tertiary/aromatic N) is 6. The number of anilines is 3. The summed E-state index contributed by atoms with van der Waals surface area (Å²) in [7, 11) is 2.00. The van der Waals surface area contributed by atoms with Crippen LogP contribution in [0.3, 0.4) is 0 Å². The molecule has 0 aliphatic carbocycles. The van der Waals surface area contributed by atoms with E-state index in [0.29, 0.717) is 18.4 Å². The van der Waals surface area contributed by atoms with Crippen molar-refractivity contribution in [2.45, 2.75) is 12.8 Å². The Morgan fingerprint density at radius 1 is 0.844 bits per heavy atom. The molecule has 4 aromatic rings. The maximum Gasteiger partial charge on any atom is 0.298 e. The molecule has 0 bridgehead atoms. The standard InChI is InChI=1S/C24H24N6O2/c1-28-14-15-30(22-21(28)25-17-6-2-3-7-18(17)26-22)23(31)16-10-12-29(13-11-16)24-27-19-8-4-5-9-20(19)32-24/h2-9,16H,10-15H2,1H3. The van der Waals surface area contributed by atoms with Crippen molar-refractivity contribution < 1.29 is 9.21 Å². The lowest BCUT2D eigenvalue weighted by atomic mass is 9.95. The van der Waals surface area contributed by atoms with Crippen LogP contribution >= 0.6 is 0 Å². The van der Waals surface area contributed by atoms with Crippen molar-refractivity contribution >= 4 is 45.7 Å². The Hall–Kier alpha value is -3.68. The van der Waals surface area contributed by atoms with E-state index in [9.17, 15) is 4.79 Å². The molecular formula is C24H24N6O2. The minimum Gasteiger partial charge on any atom is -0.423 e. The van der Waals surface area contributed by atoms with E-state index >= 15 is 0 Å². The highest BCUT2D eigenvalue weighted by molar-refractivity contribution is 5.98. The fourth-order valence-corrected chi connectivity index (χ4v) is 4.63. The first kappa shape index (κ1) is 19.0. The average molecular weight is 428 g/mol. The largest absolute Gasteiger partial charge is 0.423 e. The molecular weight excluding hydrogens is 404 g/mol. The SMILES string of the molecule is CN1CCN(C(=O)C2CCN(c3nc4ccccc4o3)CC2)c2nc3ccccc3nc21. The highest BCUT2D eigenvalue weighted by Gasteiger charge is 2.35. The molecule has 1 saturated heterocycles. The summed E-state index contributed by atoms with van der Waals surface area (Å²) in [5.41, 5.74) is 3.31. The Bertz CT molecular complexity index is 1280. The fourth-order valence-electron chi connectivity index (χ4n) is 4.63. The zero-order valence-corrected chi connectivity index (χ0v) is 17.9. The van der Waals surface area contributed by atoms with Gasteiger partial charge in [-0.25, -0.2) is 9.97 Å². The van der Waals surface area contributed by atoms with Crippen molar-refractivity contribution in [3.63, 3.8) is 0 Å². The predicted molar refractivity (Wildman–Crippen MR) is 124 cm³/mol. The maximum atomic E-state index is 13.5. The van der Waals surface area contributed by atoms with E-state index in [1.807, 2.05) is 60.5 Å². The van der Waals surface area contributed by atoms with Gasteiger partial charge in [0, 0.05) is 39.1 Å². The molecule has 0 atom stereocenters. The van der Waals surface area contributed by atoms with Gasteiger partial charge in [0.2, 0.25) is 5.91 Å². The Morgan fingerprint density at radius 3 is 2.22 bits per heavy atom. The van der Waals surface area contributed by atoms with Gasteiger partial charge in [-0.3, -0.25) is 9.69 Å². The van der Waals surface area contributed by atoms with Crippen molar-refractivity contribution in [3.05, 3.63) is 48.5 Å². The monoisotopic (exact) mass is 428 g/mol. The molecule has 2 aromatic carbocycles. The summed E-state index contributed by atoms with van der Waals surface area (Å²) < 4.78 is 5.91. The molecule has 2 aliphatic rings. The van der Waals surface area contributed by atoms with Crippen LogP contribution in [0.1, 0.15) is 12.8 Å². The topological polar surface area (TPSA) is 78.6 Å². The Balaban J connectivity index is 1.22. The van der Waals surface area contributed by atoms with Crippen LogP contribution in [0, 0.1) is 5.92 Å². The fraction of sp³-hybridized carbons (Fsp3) is 0.333. The predicted octanol–water partition coefficient (Wildman–Crippen LogP) is 3.47. The highest BCUT2D eigenvalue weighted by atomic mass is 16.4. The molecule has 2 aliphatic heterocycles. The number of carbonyl (C=O) groups is 1. The molecule has 1 amide bonds. The minimum absolute atomic E-state index is 0.0415. The minimum atomic E-state index is -0.0415. The highest BCUT2D eigenvalue weighted by Crippen LogP contribution is 2.33. The summed E-state index contributed by atoms with van der Waals surface area (Å²) in [6, 6.07) is 16.2. The lowest BCUT2D eigenvalue weighted by Gasteiger charge is -2.37. The first-order valence-corrected chi connectivity index (χ1v) is 11.1. The zero-order chi connectivity index (χ0) is 21.7. The third kappa shape index (κ3) is 3.14. The van der Waals surface area contributed by atoms with Gasteiger partial charge < -0.3 is 14.2 Å². The van der Waals surface area contributed by atoms with Gasteiger partial charge in [-0.05, 0) is 37.1 Å². The average Bonchev–Trinajstić information content (AvgIpc) is 3.27. The van der Waals surface area contributed by atoms with E-state index in [1.54, 1.807) is 0 Å². The van der Waals surface area contributed by atoms with Crippen LogP contribution in [0.5, 0.6) is 0 Å². The number of likely N-dealkylation sites (N-methyl/N-ethyl adjacent to an activating group) is 1. The molecule has 162 valence electrons. The van der Waals surface area contributed by atoms with Crippen molar-refractivity contribution in [1.29, 1.82) is 0 Å². The molecule has 32 heavy (non-hydrogen) atoms. The van der Waals surface area contributed by atoms with Crippen LogP contribution in [-0.2, 0) is 4.79 Å². The van der Waals surface area contributed by atoms with Crippen molar-refractivity contribution in [3.8, 4) is 0 Å². The molecule has 0 unspecified atom stereocenters. The summed E-state index contributed by atoms with van der Waals surface area (Å²) in [5, 5.41) is 0. The number of aromatic nitrogens is 3. The number of para-hydroxylation sites is 4. The molecule has 2 aromatic heterocycles. The second-order valence-corrected chi connectivity index (χ2v) is 8.50. The molecule has 0 radical (unpaired) electrons. The Morgan fingerprint density at radius 2 is 1.50 bits per heavy atom. The smallest absolute Gasteiger partial charge is 0.298 e. The number of amides is 1. The van der Waals surface area contributed by atoms with Crippen LogP contribution in [0.15, 0.2) is 52.9 Å². The second-order valence-electron chi connectivity index (χ2n) is 8.50. The third-order valence-corrected chi connectivity index (χ3v) is 6.47. The third-order valence-electron chi connectivity index (χ3n) is 6.47. The number of fused-ring (bicyclic) bond motifs is 3. The van der Waals surface area contributed by atoms with Crippen molar-refractivity contribution in [2.75, 3.05) is 47.9 Å². The van der Waals surface area contributed by atoms with E-state index in [1.165, 1.54) is 0 Å². The molecule has 1 fully saturated rings. The van der Waals surface area contributed by atoms with Crippen LogP contribution in [0.25, 0.3) is 22.1 Å². The summed E-state index contributed by atoms with van der Waals surface area (Å²) in [5.74, 6) is 1.54. The van der Waals surface area contributed by atoms with E-state index in [0.717, 1.165) is 60.4 Å². The van der Waals surface area contributed by atoms with Gasteiger partial charge in [0.25, 0.3) is 6.01 Å². The number of piperidine rings is 1. The van der Waals surface area contributed by atoms with Crippen molar-refractivity contribution in [2.24, 2.45) is 5.92 Å². The Labute approximate surface area is 185 Å². The van der Waals surface area contributed by atoms with E-state index in [4.69, 9.17) is 14.4 Å². The normalized spacial score (nSPS) is 17.2. The van der Waals surface area contributed by atoms with Gasteiger partial charge in [-0.1, -0.05) is 24.3 Å². The summed E-state index contributed by atoms with van der Waals surface area (Å²) in [6.45, 7) is 2.86. The van der Waals surface area contributed by atoms with Gasteiger partial charge in [0.15, 0.2) is 17.2 Å². The molecule has 8 nitrogen and oxygen atoms in total. The van der Waals surface area contributed by atoms with Crippen LogP contribution in [-0.4, -0.2) is 54.1 Å². The molecule has 0 saturated carbocycles. The summed E-state index contributed by atoms with van der Waals surface area (Å²) >= 11 is 0. The van der Waals surface area contributed by atoms with Crippen molar-refractivity contribution in [1.82, 2.24) is 15.0 Å². The van der Waals surface area contributed by atoms with Gasteiger partial charge >= 0.3 is 0 Å². The number of hydrogen-bond acceptors (Lipinski definition) is 7.